The fourth-order valence-electron chi connectivity index (χ4n) is 0.988. The largest absolute Gasteiger partial charge is 4.00 e. The van der Waals surface area contributed by atoms with E-state index in [1.54, 1.807) is 13.8 Å². The van der Waals surface area contributed by atoms with E-state index in [1.807, 2.05) is 13.8 Å². The van der Waals surface area contributed by atoms with Crippen molar-refractivity contribution in [2.75, 3.05) is 26.4 Å². The number of rotatable bonds is 10. The summed E-state index contributed by atoms with van der Waals surface area (Å²) in [6.45, 7) is 10.8. The minimum absolute atomic E-state index is 0. The molecule has 9 heteroatoms. The zero-order chi connectivity index (χ0) is 22.8. The van der Waals surface area contributed by atoms with Crippen molar-refractivity contribution in [3.8, 4) is 0 Å². The summed E-state index contributed by atoms with van der Waals surface area (Å²) < 4.78 is 8.87. The summed E-state index contributed by atoms with van der Waals surface area (Å²) in [7, 11) is 0. The number of carbonyl (C=O) groups excluding carboxylic acids is 4. The SMILES string of the molecule is CCCC[O-].CCCC[O-].CCOC(=O)[CH-]C(C)=O.CCOC(=O)[CH-]C(C)=O.[Zr+4]. The van der Waals surface area contributed by atoms with Crippen LogP contribution in [-0.4, -0.2) is 49.9 Å². The molecule has 0 aliphatic rings. The molecule has 29 heavy (non-hydrogen) atoms. The van der Waals surface area contributed by atoms with Crippen LogP contribution in [0.1, 0.15) is 67.2 Å². The second-order valence-electron chi connectivity index (χ2n) is 5.13. The first-order valence-electron chi connectivity index (χ1n) is 9.36. The van der Waals surface area contributed by atoms with Crippen LogP contribution < -0.4 is 10.2 Å². The van der Waals surface area contributed by atoms with Gasteiger partial charge >= 0.3 is 26.2 Å². The Hall–Kier alpha value is -1.18. The fraction of sp³-hybridized carbons (Fsp3) is 0.700. The topological polar surface area (TPSA) is 133 Å². The predicted octanol–water partition coefficient (Wildman–Crippen LogP) is 0.977. The van der Waals surface area contributed by atoms with Gasteiger partial charge in [0.25, 0.3) is 0 Å². The van der Waals surface area contributed by atoms with Gasteiger partial charge in [-0.1, -0.05) is 39.5 Å². The standard InChI is InChI=1S/2C6H9O3.2C4H9O.Zr/c2*1-3-9-6(8)4-5(2)7;2*1-2-3-4-5;/h2*4H,3H2,1-2H3;2*2-4H2,1H3;/q4*-1;+4. The molecule has 0 N–H and O–H groups in total. The molecule has 0 aromatic carbocycles. The fourth-order valence-corrected chi connectivity index (χ4v) is 0.988. The first kappa shape index (κ1) is 38.4. The third kappa shape index (κ3) is 58.4. The Bertz CT molecular complexity index is 347. The number of ether oxygens (including phenoxy) is 2. The molecule has 0 aromatic rings. The molecule has 0 unspecified atom stereocenters. The molecular formula is C20H36O8Zr. The average Bonchev–Trinajstić information content (AvgIpc) is 2.57. The minimum Gasteiger partial charge on any atom is -0.854 e. The average molecular weight is 496 g/mol. The second kappa shape index (κ2) is 34.3. The Morgan fingerprint density at radius 1 is 0.690 bits per heavy atom. The molecule has 0 saturated carbocycles. The monoisotopic (exact) mass is 494 g/mol. The Kier molecular flexibility index (Phi) is 45.5. The van der Waals surface area contributed by atoms with Gasteiger partial charge in [0.2, 0.25) is 0 Å². The van der Waals surface area contributed by atoms with E-state index < -0.39 is 11.9 Å². The van der Waals surface area contributed by atoms with Gasteiger partial charge in [-0.25, -0.2) is 12.8 Å². The molecule has 8 nitrogen and oxygen atoms in total. The molecule has 0 fully saturated rings. The van der Waals surface area contributed by atoms with Gasteiger partial charge in [-0.15, -0.1) is 13.2 Å². The van der Waals surface area contributed by atoms with Gasteiger partial charge < -0.3 is 29.3 Å². The van der Waals surface area contributed by atoms with E-state index in [9.17, 15) is 29.4 Å². The summed E-state index contributed by atoms with van der Waals surface area (Å²) in [5.41, 5.74) is 0. The maximum Gasteiger partial charge on any atom is 4.00 e. The molecule has 0 saturated heterocycles. The Labute approximate surface area is 194 Å². The van der Waals surface area contributed by atoms with Crippen LogP contribution in [0.4, 0.5) is 0 Å². The van der Waals surface area contributed by atoms with Crippen molar-refractivity contribution >= 4 is 23.5 Å². The molecule has 0 spiro atoms. The number of ketones is 2. The van der Waals surface area contributed by atoms with Crippen molar-refractivity contribution < 1.29 is 65.1 Å². The van der Waals surface area contributed by atoms with Crippen molar-refractivity contribution in [3.05, 3.63) is 12.8 Å². The van der Waals surface area contributed by atoms with Crippen LogP contribution >= 0.6 is 0 Å². The van der Waals surface area contributed by atoms with Crippen molar-refractivity contribution in [1.29, 1.82) is 0 Å². The van der Waals surface area contributed by atoms with E-state index in [4.69, 9.17) is 0 Å². The van der Waals surface area contributed by atoms with Crippen LogP contribution in [0.15, 0.2) is 0 Å². The van der Waals surface area contributed by atoms with Gasteiger partial charge in [-0.05, 0) is 27.7 Å². The maximum absolute atomic E-state index is 10.4. The van der Waals surface area contributed by atoms with Crippen molar-refractivity contribution in [3.63, 3.8) is 0 Å². The molecule has 0 rings (SSSR count). The van der Waals surface area contributed by atoms with Crippen molar-refractivity contribution in [2.45, 2.75) is 67.2 Å². The number of hydrogen-bond donors (Lipinski definition) is 0. The van der Waals surface area contributed by atoms with Gasteiger partial charge in [0.1, 0.15) is 0 Å². The van der Waals surface area contributed by atoms with Crippen LogP contribution in [0.25, 0.3) is 0 Å². The summed E-state index contributed by atoms with van der Waals surface area (Å²) >= 11 is 0. The molecule has 0 bridgehead atoms. The van der Waals surface area contributed by atoms with Gasteiger partial charge in [-0.2, -0.15) is 0 Å². The number of unbranched alkanes of at least 4 members (excludes halogenated alkanes) is 2. The number of Topliss-reactive ketones (excluding diaryl/α,β-unsaturated/α-hetero) is 2. The van der Waals surface area contributed by atoms with Crippen LogP contribution in [0.2, 0.25) is 0 Å². The molecule has 0 atom stereocenters. The Morgan fingerprint density at radius 2 is 0.966 bits per heavy atom. The summed E-state index contributed by atoms with van der Waals surface area (Å²) in [5.74, 6) is -1.70. The molecule has 0 aliphatic carbocycles. The van der Waals surface area contributed by atoms with Gasteiger partial charge in [-0.3, -0.25) is 9.59 Å². The molecule has 0 aliphatic heterocycles. The first-order chi connectivity index (χ1) is 13.2. The molecular weight excluding hydrogens is 459 g/mol. The molecule has 0 heterocycles. The summed E-state index contributed by atoms with van der Waals surface area (Å²) in [6.07, 6.45) is 5.57. The zero-order valence-corrected chi connectivity index (χ0v) is 21.0. The normalized spacial score (nSPS) is 8.00. The van der Waals surface area contributed by atoms with E-state index in [1.165, 1.54) is 13.8 Å². The predicted molar refractivity (Wildman–Crippen MR) is 103 cm³/mol. The molecule has 0 radical (unpaired) electrons. The third-order valence-electron chi connectivity index (χ3n) is 2.21. The Balaban J connectivity index is -0.0000000907. The zero-order valence-electron chi connectivity index (χ0n) is 18.6. The smallest absolute Gasteiger partial charge is 0.854 e. The third-order valence-corrected chi connectivity index (χ3v) is 2.21. The first-order valence-corrected chi connectivity index (χ1v) is 9.36. The molecule has 168 valence electrons. The van der Waals surface area contributed by atoms with Gasteiger partial charge in [0.15, 0.2) is 11.9 Å². The quantitative estimate of drug-likeness (QED) is 0.249. The summed E-state index contributed by atoms with van der Waals surface area (Å²) in [5, 5.41) is 19.1. The van der Waals surface area contributed by atoms with Crippen LogP contribution in [0.3, 0.4) is 0 Å². The summed E-state index contributed by atoms with van der Waals surface area (Å²) in [6, 6.07) is 0. The van der Waals surface area contributed by atoms with E-state index in [2.05, 4.69) is 9.47 Å². The minimum atomic E-state index is -0.565. The van der Waals surface area contributed by atoms with E-state index in [0.717, 1.165) is 38.5 Å². The van der Waals surface area contributed by atoms with Crippen LogP contribution in [0.5, 0.6) is 0 Å². The van der Waals surface area contributed by atoms with Crippen LogP contribution in [0, 0.1) is 12.8 Å². The van der Waals surface area contributed by atoms with Crippen LogP contribution in [-0.2, 0) is 54.9 Å². The van der Waals surface area contributed by atoms with Crippen molar-refractivity contribution in [1.82, 2.24) is 0 Å². The summed E-state index contributed by atoms with van der Waals surface area (Å²) in [4.78, 5) is 41.1. The Morgan fingerprint density at radius 3 is 1.07 bits per heavy atom. The van der Waals surface area contributed by atoms with E-state index in [-0.39, 0.29) is 51.0 Å². The van der Waals surface area contributed by atoms with Gasteiger partial charge in [0.05, 0.1) is 13.2 Å². The number of esters is 2. The second-order valence-corrected chi connectivity index (χ2v) is 5.13. The van der Waals surface area contributed by atoms with E-state index in [0.29, 0.717) is 13.2 Å². The van der Waals surface area contributed by atoms with E-state index >= 15 is 0 Å². The number of carbonyl (C=O) groups is 4. The number of hydrogen-bond acceptors (Lipinski definition) is 8. The van der Waals surface area contributed by atoms with Gasteiger partial charge in [0, 0.05) is 11.6 Å². The molecule has 0 amide bonds. The molecule has 0 aromatic heterocycles. The van der Waals surface area contributed by atoms with Crippen molar-refractivity contribution in [2.24, 2.45) is 0 Å². The maximum atomic E-state index is 10.4.